The first-order chi connectivity index (χ1) is 11.8. The summed E-state index contributed by atoms with van der Waals surface area (Å²) < 4.78 is 0. The first kappa shape index (κ1) is 14.7. The molecule has 1 amide bonds. The highest BCUT2D eigenvalue weighted by molar-refractivity contribution is 5.97. The maximum absolute atomic E-state index is 13.0. The number of pyridine rings is 1. The molecule has 0 saturated carbocycles. The van der Waals surface area contributed by atoms with E-state index in [2.05, 4.69) is 4.98 Å². The summed E-state index contributed by atoms with van der Waals surface area (Å²) in [5.41, 5.74) is 1.89. The Balaban J connectivity index is 1.73. The van der Waals surface area contributed by atoms with E-state index >= 15 is 0 Å². The Kier molecular flexibility index (Phi) is 3.65. The molecule has 4 heteroatoms. The number of aromatic nitrogens is 1. The van der Waals surface area contributed by atoms with Crippen molar-refractivity contribution in [2.24, 2.45) is 0 Å². The highest BCUT2D eigenvalue weighted by atomic mass is 16.2. The Hall–Kier alpha value is -2.88. The van der Waals surface area contributed by atoms with E-state index in [-0.39, 0.29) is 22.9 Å². The van der Waals surface area contributed by atoms with Crippen LogP contribution < -0.4 is 5.43 Å². The number of likely N-dealkylation sites (tertiary alicyclic amines) is 1. The van der Waals surface area contributed by atoms with Gasteiger partial charge in [-0.05, 0) is 30.5 Å². The maximum atomic E-state index is 13.0. The maximum Gasteiger partial charge on any atom is 0.259 e. The molecule has 2 heterocycles. The average molecular weight is 318 g/mol. The van der Waals surface area contributed by atoms with E-state index in [0.29, 0.717) is 11.9 Å². The highest BCUT2D eigenvalue weighted by Crippen LogP contribution is 2.32. The number of rotatable bonds is 2. The molecule has 1 aromatic heterocycles. The number of carbonyl (C=O) groups is 1. The van der Waals surface area contributed by atoms with E-state index in [0.717, 1.165) is 23.9 Å². The molecule has 24 heavy (non-hydrogen) atoms. The van der Waals surface area contributed by atoms with E-state index < -0.39 is 0 Å². The molecule has 1 fully saturated rings. The van der Waals surface area contributed by atoms with E-state index in [1.54, 1.807) is 12.3 Å². The fourth-order valence-corrected chi connectivity index (χ4v) is 3.51. The van der Waals surface area contributed by atoms with Crippen LogP contribution in [0.1, 0.15) is 34.8 Å². The lowest BCUT2D eigenvalue weighted by atomic mass is 10.0. The molecular formula is C20H18N2O2. The molecule has 0 radical (unpaired) electrons. The Bertz CT molecular complexity index is 947. The lowest BCUT2D eigenvalue weighted by molar-refractivity contribution is 0.0734. The second-order valence-corrected chi connectivity index (χ2v) is 6.14. The van der Waals surface area contributed by atoms with Crippen LogP contribution in [0.2, 0.25) is 0 Å². The minimum Gasteiger partial charge on any atom is -0.360 e. The van der Waals surface area contributed by atoms with E-state index in [4.69, 9.17) is 0 Å². The van der Waals surface area contributed by atoms with Crippen molar-refractivity contribution >= 4 is 16.8 Å². The zero-order valence-corrected chi connectivity index (χ0v) is 13.2. The van der Waals surface area contributed by atoms with Gasteiger partial charge in [0.25, 0.3) is 5.91 Å². The van der Waals surface area contributed by atoms with Crippen LogP contribution in [-0.2, 0) is 0 Å². The fraction of sp³-hybridized carbons (Fsp3) is 0.200. The van der Waals surface area contributed by atoms with Gasteiger partial charge < -0.3 is 9.88 Å². The van der Waals surface area contributed by atoms with Gasteiger partial charge in [-0.25, -0.2) is 0 Å². The second-order valence-electron chi connectivity index (χ2n) is 6.14. The van der Waals surface area contributed by atoms with Crippen molar-refractivity contribution in [2.75, 3.05) is 6.54 Å². The Labute approximate surface area is 139 Å². The van der Waals surface area contributed by atoms with E-state index in [1.165, 1.54) is 0 Å². The van der Waals surface area contributed by atoms with Crippen LogP contribution in [0.25, 0.3) is 10.9 Å². The smallest absolute Gasteiger partial charge is 0.259 e. The molecule has 0 spiro atoms. The van der Waals surface area contributed by atoms with Crippen molar-refractivity contribution in [3.63, 3.8) is 0 Å². The van der Waals surface area contributed by atoms with E-state index in [9.17, 15) is 9.59 Å². The van der Waals surface area contributed by atoms with Crippen molar-refractivity contribution < 1.29 is 4.79 Å². The van der Waals surface area contributed by atoms with Crippen molar-refractivity contribution in [3.8, 4) is 0 Å². The number of hydrogen-bond donors (Lipinski definition) is 1. The van der Waals surface area contributed by atoms with Gasteiger partial charge in [0, 0.05) is 23.6 Å². The molecule has 120 valence electrons. The fourth-order valence-electron chi connectivity index (χ4n) is 3.51. The molecule has 1 aliphatic heterocycles. The monoisotopic (exact) mass is 318 g/mol. The predicted molar refractivity (Wildman–Crippen MR) is 94.0 cm³/mol. The van der Waals surface area contributed by atoms with Gasteiger partial charge >= 0.3 is 0 Å². The van der Waals surface area contributed by atoms with Crippen LogP contribution in [-0.4, -0.2) is 22.3 Å². The predicted octanol–water partition coefficient (Wildman–Crippen LogP) is 3.51. The zero-order valence-electron chi connectivity index (χ0n) is 13.2. The number of amides is 1. The largest absolute Gasteiger partial charge is 0.360 e. The first-order valence-electron chi connectivity index (χ1n) is 8.22. The van der Waals surface area contributed by atoms with Crippen molar-refractivity contribution in [2.45, 2.75) is 18.9 Å². The third-order valence-electron chi connectivity index (χ3n) is 4.72. The summed E-state index contributed by atoms with van der Waals surface area (Å²) in [5, 5.41) is 0.554. The van der Waals surface area contributed by atoms with Crippen molar-refractivity contribution in [1.29, 1.82) is 0 Å². The molecular weight excluding hydrogens is 300 g/mol. The third-order valence-corrected chi connectivity index (χ3v) is 4.72. The number of H-pyrrole nitrogens is 1. The van der Waals surface area contributed by atoms with E-state index in [1.807, 2.05) is 53.4 Å². The Morgan fingerprint density at radius 1 is 1.04 bits per heavy atom. The van der Waals surface area contributed by atoms with Crippen molar-refractivity contribution in [1.82, 2.24) is 9.88 Å². The summed E-state index contributed by atoms with van der Waals surface area (Å²) in [6.45, 7) is 0.685. The van der Waals surface area contributed by atoms with Gasteiger partial charge in [0.15, 0.2) is 0 Å². The highest BCUT2D eigenvalue weighted by Gasteiger charge is 2.31. The number of benzene rings is 2. The quantitative estimate of drug-likeness (QED) is 0.786. The number of hydrogen-bond acceptors (Lipinski definition) is 2. The van der Waals surface area contributed by atoms with Gasteiger partial charge in [0.1, 0.15) is 5.56 Å². The van der Waals surface area contributed by atoms with Gasteiger partial charge in [0.05, 0.1) is 6.04 Å². The van der Waals surface area contributed by atoms with Crippen LogP contribution in [0.5, 0.6) is 0 Å². The first-order valence-corrected chi connectivity index (χ1v) is 8.22. The standard InChI is InChI=1S/C20H18N2O2/c23-19-15-9-4-5-10-17(15)21-13-16(19)20(24)22-12-6-11-18(22)14-7-2-1-3-8-14/h1-5,7-10,13,18H,6,11-12H2,(H,21,23). The molecule has 0 bridgehead atoms. The molecule has 2 aromatic carbocycles. The SMILES string of the molecule is O=C(c1c[nH]c2ccccc2c1=O)N1CCCC1c1ccccc1. The molecule has 0 aliphatic carbocycles. The minimum atomic E-state index is -0.201. The molecule has 1 atom stereocenters. The summed E-state index contributed by atoms with van der Waals surface area (Å²) in [7, 11) is 0. The summed E-state index contributed by atoms with van der Waals surface area (Å²) >= 11 is 0. The van der Waals surface area contributed by atoms with Gasteiger partial charge in [-0.2, -0.15) is 0 Å². The molecule has 4 nitrogen and oxygen atoms in total. The third kappa shape index (κ3) is 2.40. The summed E-state index contributed by atoms with van der Waals surface area (Å²) in [4.78, 5) is 30.6. The number of aromatic amines is 1. The topological polar surface area (TPSA) is 53.2 Å². The lowest BCUT2D eigenvalue weighted by Crippen LogP contribution is -2.34. The van der Waals surface area contributed by atoms with Gasteiger partial charge in [0.2, 0.25) is 5.43 Å². The number of fused-ring (bicyclic) bond motifs is 1. The molecule has 1 aliphatic rings. The lowest BCUT2D eigenvalue weighted by Gasteiger charge is -2.25. The Morgan fingerprint density at radius 2 is 1.79 bits per heavy atom. The zero-order chi connectivity index (χ0) is 16.5. The summed E-state index contributed by atoms with van der Waals surface area (Å²) in [6, 6.07) is 17.3. The number of nitrogens with one attached hydrogen (secondary N) is 1. The molecule has 1 N–H and O–H groups in total. The van der Waals surface area contributed by atoms with Gasteiger partial charge in [-0.3, -0.25) is 9.59 Å². The molecule has 3 aromatic rings. The Morgan fingerprint density at radius 3 is 2.62 bits per heavy atom. The molecule has 1 unspecified atom stereocenters. The summed E-state index contributed by atoms with van der Waals surface area (Å²) in [6.07, 6.45) is 3.44. The number of para-hydroxylation sites is 1. The molecule has 1 saturated heterocycles. The van der Waals surface area contributed by atoms with Crippen LogP contribution in [0, 0.1) is 0 Å². The average Bonchev–Trinajstić information content (AvgIpc) is 3.12. The second kappa shape index (κ2) is 5.96. The molecule has 4 rings (SSSR count). The van der Waals surface area contributed by atoms with Crippen LogP contribution in [0.4, 0.5) is 0 Å². The van der Waals surface area contributed by atoms with Crippen molar-refractivity contribution in [3.05, 3.63) is 82.1 Å². The normalized spacial score (nSPS) is 17.3. The van der Waals surface area contributed by atoms with Crippen LogP contribution in [0.15, 0.2) is 65.6 Å². The van der Waals surface area contributed by atoms with Gasteiger partial charge in [-0.1, -0.05) is 42.5 Å². The number of nitrogens with zero attached hydrogens (tertiary/aromatic N) is 1. The van der Waals surface area contributed by atoms with Crippen LogP contribution >= 0.6 is 0 Å². The minimum absolute atomic E-state index is 0.0459. The van der Waals surface area contributed by atoms with Crippen LogP contribution in [0.3, 0.4) is 0 Å². The summed E-state index contributed by atoms with van der Waals surface area (Å²) in [5.74, 6) is -0.187. The number of carbonyl (C=O) groups excluding carboxylic acids is 1. The van der Waals surface area contributed by atoms with Gasteiger partial charge in [-0.15, -0.1) is 0 Å².